The second-order valence-corrected chi connectivity index (χ2v) is 5.34. The summed E-state index contributed by atoms with van der Waals surface area (Å²) in [6, 6.07) is 10.3. The Hall–Kier alpha value is -1.81. The number of amides is 1. The number of aromatic nitrogens is 1. The van der Waals surface area contributed by atoms with Crippen molar-refractivity contribution in [2.75, 3.05) is 19.7 Å². The van der Waals surface area contributed by atoms with Crippen LogP contribution in [0.15, 0.2) is 36.5 Å². The minimum Gasteiger partial charge on any atom is -0.375 e. The minimum atomic E-state index is 0.153. The number of benzene rings is 1. The van der Waals surface area contributed by atoms with E-state index in [4.69, 9.17) is 4.74 Å². The van der Waals surface area contributed by atoms with Crippen molar-refractivity contribution < 1.29 is 9.53 Å². The largest absolute Gasteiger partial charge is 0.375 e. The van der Waals surface area contributed by atoms with Gasteiger partial charge in [0.2, 0.25) is 5.91 Å². The molecule has 1 saturated heterocycles. The van der Waals surface area contributed by atoms with Crippen molar-refractivity contribution in [3.63, 3.8) is 0 Å². The molecule has 0 saturated carbocycles. The zero-order valence-electron chi connectivity index (χ0n) is 11.8. The molecule has 1 aliphatic heterocycles. The first-order valence-electron chi connectivity index (χ1n) is 7.17. The molecule has 2 heterocycles. The van der Waals surface area contributed by atoms with Crippen molar-refractivity contribution in [3.8, 4) is 0 Å². The summed E-state index contributed by atoms with van der Waals surface area (Å²) in [7, 11) is 0. The maximum atomic E-state index is 12.2. The molecule has 0 aliphatic carbocycles. The van der Waals surface area contributed by atoms with Crippen molar-refractivity contribution in [1.82, 2.24) is 9.47 Å². The predicted molar refractivity (Wildman–Crippen MR) is 78.5 cm³/mol. The maximum Gasteiger partial charge on any atom is 0.224 e. The molecule has 0 radical (unpaired) electrons. The molecule has 106 valence electrons. The Labute approximate surface area is 118 Å². The topological polar surface area (TPSA) is 34.5 Å². The van der Waals surface area contributed by atoms with E-state index in [1.54, 1.807) is 0 Å². The van der Waals surface area contributed by atoms with Gasteiger partial charge in [-0.3, -0.25) is 4.79 Å². The zero-order chi connectivity index (χ0) is 13.9. The van der Waals surface area contributed by atoms with Crippen LogP contribution in [0.3, 0.4) is 0 Å². The van der Waals surface area contributed by atoms with Gasteiger partial charge in [-0.05, 0) is 24.4 Å². The highest BCUT2D eigenvalue weighted by molar-refractivity contribution is 5.80. The molecule has 1 fully saturated rings. The Morgan fingerprint density at radius 3 is 3.05 bits per heavy atom. The van der Waals surface area contributed by atoms with E-state index < -0.39 is 0 Å². The number of rotatable bonds is 3. The first-order chi connectivity index (χ1) is 9.74. The number of morpholine rings is 1. The van der Waals surface area contributed by atoms with E-state index in [0.717, 1.165) is 13.1 Å². The zero-order valence-corrected chi connectivity index (χ0v) is 11.8. The summed E-state index contributed by atoms with van der Waals surface area (Å²) in [6.45, 7) is 4.83. The van der Waals surface area contributed by atoms with E-state index in [1.165, 1.54) is 10.9 Å². The fraction of sp³-hybridized carbons (Fsp3) is 0.438. The van der Waals surface area contributed by atoms with Gasteiger partial charge in [0.15, 0.2) is 0 Å². The Balaban J connectivity index is 1.63. The summed E-state index contributed by atoms with van der Waals surface area (Å²) in [5.74, 6) is 0.220. The van der Waals surface area contributed by atoms with Crippen LogP contribution in [-0.4, -0.2) is 41.2 Å². The fourth-order valence-electron chi connectivity index (χ4n) is 2.75. The summed E-state index contributed by atoms with van der Waals surface area (Å²) in [4.78, 5) is 14.1. The van der Waals surface area contributed by atoms with Crippen molar-refractivity contribution >= 4 is 16.8 Å². The molecule has 3 rings (SSSR count). The Bertz CT molecular complexity index is 605. The third-order valence-corrected chi connectivity index (χ3v) is 3.84. The number of carbonyl (C=O) groups excluding carboxylic acids is 1. The Morgan fingerprint density at radius 1 is 1.35 bits per heavy atom. The molecule has 1 aliphatic rings. The standard InChI is InChI=1S/C16H20N2O2/c1-13-12-18(10-11-20-13)16(19)7-9-17-8-6-14-4-2-3-5-15(14)17/h2-6,8,13H,7,9-12H2,1H3. The highest BCUT2D eigenvalue weighted by Crippen LogP contribution is 2.16. The number of ether oxygens (including phenoxy) is 1. The van der Waals surface area contributed by atoms with Crippen LogP contribution in [0.2, 0.25) is 0 Å². The molecule has 1 unspecified atom stereocenters. The first-order valence-corrected chi connectivity index (χ1v) is 7.17. The lowest BCUT2D eigenvalue weighted by Gasteiger charge is -2.31. The summed E-state index contributed by atoms with van der Waals surface area (Å²) < 4.78 is 7.62. The number of carbonyl (C=O) groups is 1. The van der Waals surface area contributed by atoms with E-state index in [0.29, 0.717) is 19.6 Å². The van der Waals surface area contributed by atoms with Crippen LogP contribution in [0.5, 0.6) is 0 Å². The van der Waals surface area contributed by atoms with Crippen LogP contribution in [0.4, 0.5) is 0 Å². The molecule has 2 aromatic rings. The van der Waals surface area contributed by atoms with Crippen LogP contribution in [0, 0.1) is 0 Å². The highest BCUT2D eigenvalue weighted by atomic mass is 16.5. The van der Waals surface area contributed by atoms with Gasteiger partial charge in [0, 0.05) is 37.8 Å². The molecule has 1 amide bonds. The molecule has 0 bridgehead atoms. The average Bonchev–Trinajstić information content (AvgIpc) is 2.88. The third-order valence-electron chi connectivity index (χ3n) is 3.84. The molecule has 0 spiro atoms. The minimum absolute atomic E-state index is 0.153. The molecular weight excluding hydrogens is 252 g/mol. The lowest BCUT2D eigenvalue weighted by atomic mass is 10.2. The van der Waals surface area contributed by atoms with E-state index in [2.05, 4.69) is 29.0 Å². The molecule has 1 atom stereocenters. The molecule has 4 heteroatoms. The van der Waals surface area contributed by atoms with Gasteiger partial charge < -0.3 is 14.2 Å². The van der Waals surface area contributed by atoms with Crippen molar-refractivity contribution in [1.29, 1.82) is 0 Å². The number of aryl methyl sites for hydroxylation is 1. The fourth-order valence-corrected chi connectivity index (χ4v) is 2.75. The second-order valence-electron chi connectivity index (χ2n) is 5.34. The molecule has 20 heavy (non-hydrogen) atoms. The van der Waals surface area contributed by atoms with Crippen LogP contribution >= 0.6 is 0 Å². The van der Waals surface area contributed by atoms with Gasteiger partial charge in [-0.1, -0.05) is 18.2 Å². The number of nitrogens with zero attached hydrogens (tertiary/aromatic N) is 2. The van der Waals surface area contributed by atoms with Crippen molar-refractivity contribution in [2.24, 2.45) is 0 Å². The molecule has 1 aromatic heterocycles. The van der Waals surface area contributed by atoms with Crippen molar-refractivity contribution in [3.05, 3.63) is 36.5 Å². The summed E-state index contributed by atoms with van der Waals surface area (Å²) >= 11 is 0. The van der Waals surface area contributed by atoms with E-state index in [1.807, 2.05) is 24.0 Å². The highest BCUT2D eigenvalue weighted by Gasteiger charge is 2.20. The van der Waals surface area contributed by atoms with Crippen LogP contribution in [0.25, 0.3) is 10.9 Å². The monoisotopic (exact) mass is 272 g/mol. The van der Waals surface area contributed by atoms with Crippen LogP contribution in [0.1, 0.15) is 13.3 Å². The smallest absolute Gasteiger partial charge is 0.224 e. The average molecular weight is 272 g/mol. The number of para-hydroxylation sites is 1. The van der Waals surface area contributed by atoms with Gasteiger partial charge in [-0.25, -0.2) is 0 Å². The Morgan fingerprint density at radius 2 is 2.20 bits per heavy atom. The van der Waals surface area contributed by atoms with E-state index in [9.17, 15) is 4.79 Å². The predicted octanol–water partition coefficient (Wildman–Crippen LogP) is 2.28. The first kappa shape index (κ1) is 13.2. The summed E-state index contributed by atoms with van der Waals surface area (Å²) in [6.07, 6.45) is 2.76. The number of fused-ring (bicyclic) bond motifs is 1. The summed E-state index contributed by atoms with van der Waals surface area (Å²) in [5, 5.41) is 1.22. The molecule has 4 nitrogen and oxygen atoms in total. The van der Waals surface area contributed by atoms with E-state index in [-0.39, 0.29) is 12.0 Å². The van der Waals surface area contributed by atoms with Gasteiger partial charge in [-0.2, -0.15) is 0 Å². The number of hydrogen-bond donors (Lipinski definition) is 0. The maximum absolute atomic E-state index is 12.2. The van der Waals surface area contributed by atoms with Crippen LogP contribution in [-0.2, 0) is 16.1 Å². The van der Waals surface area contributed by atoms with Gasteiger partial charge in [-0.15, -0.1) is 0 Å². The SMILES string of the molecule is CC1CN(C(=O)CCn2ccc3ccccc32)CCO1. The van der Waals surface area contributed by atoms with Gasteiger partial charge in [0.05, 0.1) is 12.7 Å². The quantitative estimate of drug-likeness (QED) is 0.859. The van der Waals surface area contributed by atoms with Crippen LogP contribution < -0.4 is 0 Å². The molecule has 0 N–H and O–H groups in total. The van der Waals surface area contributed by atoms with E-state index >= 15 is 0 Å². The number of hydrogen-bond acceptors (Lipinski definition) is 2. The lowest BCUT2D eigenvalue weighted by molar-refractivity contribution is -0.138. The van der Waals surface area contributed by atoms with Crippen molar-refractivity contribution in [2.45, 2.75) is 26.0 Å². The van der Waals surface area contributed by atoms with Gasteiger partial charge in [0.25, 0.3) is 0 Å². The Kier molecular flexibility index (Phi) is 3.74. The second kappa shape index (κ2) is 5.67. The van der Waals surface area contributed by atoms with Gasteiger partial charge >= 0.3 is 0 Å². The molecular formula is C16H20N2O2. The molecule has 1 aromatic carbocycles. The van der Waals surface area contributed by atoms with Gasteiger partial charge in [0.1, 0.15) is 0 Å². The summed E-state index contributed by atoms with van der Waals surface area (Å²) in [5.41, 5.74) is 1.19. The third kappa shape index (κ3) is 2.70. The normalized spacial score (nSPS) is 19.4. The lowest BCUT2D eigenvalue weighted by Crippen LogP contribution is -2.44.